The Bertz CT molecular complexity index is 191. The van der Waals surface area contributed by atoms with Crippen molar-refractivity contribution in [3.63, 3.8) is 0 Å². The SMILES string of the molecule is C[C@H](N)/C=C/S(C)(=O)=O. The molecule has 0 aromatic heterocycles. The molecule has 2 N–H and O–H groups in total. The summed E-state index contributed by atoms with van der Waals surface area (Å²) in [5, 5.41) is 1.11. The fraction of sp³-hybridized carbons (Fsp3) is 0.600. The van der Waals surface area contributed by atoms with E-state index in [9.17, 15) is 8.42 Å². The van der Waals surface area contributed by atoms with Crippen LogP contribution in [-0.2, 0) is 9.84 Å². The maximum atomic E-state index is 10.4. The van der Waals surface area contributed by atoms with Crippen molar-refractivity contribution in [2.45, 2.75) is 13.0 Å². The van der Waals surface area contributed by atoms with Crippen LogP contribution in [0.25, 0.3) is 0 Å². The van der Waals surface area contributed by atoms with Crippen LogP contribution in [0.1, 0.15) is 6.92 Å². The van der Waals surface area contributed by atoms with E-state index in [4.69, 9.17) is 5.73 Å². The fourth-order valence-electron chi connectivity index (χ4n) is 0.267. The summed E-state index contributed by atoms with van der Waals surface area (Å²) >= 11 is 0. The minimum Gasteiger partial charge on any atom is -0.325 e. The topological polar surface area (TPSA) is 60.2 Å². The summed E-state index contributed by atoms with van der Waals surface area (Å²) in [5.41, 5.74) is 5.25. The molecule has 54 valence electrons. The molecule has 3 nitrogen and oxygen atoms in total. The van der Waals surface area contributed by atoms with E-state index < -0.39 is 9.84 Å². The van der Waals surface area contributed by atoms with Gasteiger partial charge in [-0.15, -0.1) is 0 Å². The second-order valence-electron chi connectivity index (χ2n) is 2.02. The highest BCUT2D eigenvalue weighted by Crippen LogP contribution is 1.86. The van der Waals surface area contributed by atoms with Gasteiger partial charge in [0.2, 0.25) is 0 Å². The van der Waals surface area contributed by atoms with Gasteiger partial charge in [0.25, 0.3) is 0 Å². The van der Waals surface area contributed by atoms with Gasteiger partial charge in [0.05, 0.1) is 0 Å². The van der Waals surface area contributed by atoms with E-state index >= 15 is 0 Å². The third-order valence-electron chi connectivity index (χ3n) is 0.629. The van der Waals surface area contributed by atoms with E-state index in [0.717, 1.165) is 11.7 Å². The molecule has 0 radical (unpaired) electrons. The predicted octanol–water partition coefficient (Wildman–Crippen LogP) is -0.108. The number of nitrogens with two attached hydrogens (primary N) is 1. The fourth-order valence-corrected chi connectivity index (χ4v) is 0.800. The van der Waals surface area contributed by atoms with E-state index in [-0.39, 0.29) is 6.04 Å². The Morgan fingerprint density at radius 1 is 1.56 bits per heavy atom. The quantitative estimate of drug-likeness (QED) is 0.596. The zero-order valence-corrected chi connectivity index (χ0v) is 6.35. The summed E-state index contributed by atoms with van der Waals surface area (Å²) in [7, 11) is -2.98. The first kappa shape index (κ1) is 8.65. The van der Waals surface area contributed by atoms with Gasteiger partial charge in [-0.2, -0.15) is 0 Å². The lowest BCUT2D eigenvalue weighted by molar-refractivity contribution is 0.610. The zero-order valence-electron chi connectivity index (χ0n) is 5.53. The molecule has 0 spiro atoms. The van der Waals surface area contributed by atoms with Crippen molar-refractivity contribution < 1.29 is 8.42 Å². The minimum atomic E-state index is -2.98. The van der Waals surface area contributed by atoms with E-state index in [1.165, 1.54) is 6.08 Å². The Kier molecular flexibility index (Phi) is 2.87. The number of sulfone groups is 1. The van der Waals surface area contributed by atoms with Gasteiger partial charge in [0.15, 0.2) is 9.84 Å². The summed E-state index contributed by atoms with van der Waals surface area (Å²) in [6, 6.07) is -0.195. The second kappa shape index (κ2) is 2.98. The molecule has 9 heavy (non-hydrogen) atoms. The molecule has 0 fully saturated rings. The minimum absolute atomic E-state index is 0.195. The van der Waals surface area contributed by atoms with Crippen LogP contribution in [0, 0.1) is 0 Å². The van der Waals surface area contributed by atoms with Crippen LogP contribution in [0.4, 0.5) is 0 Å². The van der Waals surface area contributed by atoms with Gasteiger partial charge >= 0.3 is 0 Å². The lowest BCUT2D eigenvalue weighted by atomic mass is 10.4. The average Bonchev–Trinajstić information content (AvgIpc) is 1.59. The summed E-state index contributed by atoms with van der Waals surface area (Å²) in [6.45, 7) is 1.71. The molecule has 0 aliphatic rings. The summed E-state index contributed by atoms with van der Waals surface area (Å²) in [4.78, 5) is 0. The molecular weight excluding hydrogens is 138 g/mol. The van der Waals surface area contributed by atoms with Crippen molar-refractivity contribution in [1.82, 2.24) is 0 Å². The first-order valence-electron chi connectivity index (χ1n) is 2.55. The monoisotopic (exact) mass is 149 g/mol. The molecule has 0 saturated heterocycles. The molecule has 0 aliphatic carbocycles. The summed E-state index contributed by atoms with van der Waals surface area (Å²) in [5.74, 6) is 0. The van der Waals surface area contributed by atoms with Crippen molar-refractivity contribution in [3.05, 3.63) is 11.5 Å². The molecule has 0 aromatic rings. The van der Waals surface area contributed by atoms with Gasteiger partial charge in [0.1, 0.15) is 0 Å². The molecule has 1 atom stereocenters. The zero-order chi connectivity index (χ0) is 7.49. The largest absolute Gasteiger partial charge is 0.325 e. The molecule has 0 amide bonds. The normalized spacial score (nSPS) is 16.3. The third-order valence-corrected chi connectivity index (χ3v) is 1.28. The average molecular weight is 149 g/mol. The highest BCUT2D eigenvalue weighted by molar-refractivity contribution is 7.93. The van der Waals surface area contributed by atoms with Crippen LogP contribution >= 0.6 is 0 Å². The third kappa shape index (κ3) is 7.65. The molecule has 0 rings (SSSR count). The highest BCUT2D eigenvalue weighted by Gasteiger charge is 1.92. The summed E-state index contributed by atoms with van der Waals surface area (Å²) in [6.07, 6.45) is 2.57. The van der Waals surface area contributed by atoms with Gasteiger partial charge in [-0.05, 0) is 6.92 Å². The standard InChI is InChI=1S/C5H11NO2S/c1-5(6)3-4-9(2,7)8/h3-5H,6H2,1-2H3/b4-3+/t5-/m0/s1. The van der Waals surface area contributed by atoms with Gasteiger partial charge in [-0.3, -0.25) is 0 Å². The van der Waals surface area contributed by atoms with Crippen LogP contribution in [-0.4, -0.2) is 20.7 Å². The first-order chi connectivity index (χ1) is 3.92. The van der Waals surface area contributed by atoms with Crippen molar-refractivity contribution >= 4 is 9.84 Å². The second-order valence-corrected chi connectivity index (χ2v) is 3.95. The van der Waals surface area contributed by atoms with Crippen LogP contribution in [0.5, 0.6) is 0 Å². The molecule has 0 bridgehead atoms. The van der Waals surface area contributed by atoms with Crippen LogP contribution in [0.3, 0.4) is 0 Å². The van der Waals surface area contributed by atoms with Crippen molar-refractivity contribution in [2.24, 2.45) is 5.73 Å². The Balaban J connectivity index is 4.03. The van der Waals surface area contributed by atoms with Crippen LogP contribution < -0.4 is 5.73 Å². The van der Waals surface area contributed by atoms with Crippen molar-refractivity contribution in [1.29, 1.82) is 0 Å². The lowest BCUT2D eigenvalue weighted by Gasteiger charge is -1.91. The van der Waals surface area contributed by atoms with Gasteiger partial charge in [-0.25, -0.2) is 8.42 Å². The lowest BCUT2D eigenvalue weighted by Crippen LogP contribution is -2.10. The number of hydrogen-bond donors (Lipinski definition) is 1. The van der Waals surface area contributed by atoms with Crippen molar-refractivity contribution in [2.75, 3.05) is 6.26 Å². The number of hydrogen-bond acceptors (Lipinski definition) is 3. The molecule has 0 heterocycles. The van der Waals surface area contributed by atoms with Gasteiger partial charge in [0, 0.05) is 17.7 Å². The highest BCUT2D eigenvalue weighted by atomic mass is 32.2. The molecule has 4 heteroatoms. The summed E-state index contributed by atoms with van der Waals surface area (Å²) < 4.78 is 20.8. The van der Waals surface area contributed by atoms with Crippen molar-refractivity contribution in [3.8, 4) is 0 Å². The Morgan fingerprint density at radius 3 is 2.11 bits per heavy atom. The maximum absolute atomic E-state index is 10.4. The molecular formula is C5H11NO2S. The van der Waals surface area contributed by atoms with Crippen LogP contribution in [0.15, 0.2) is 11.5 Å². The molecule has 0 unspecified atom stereocenters. The first-order valence-corrected chi connectivity index (χ1v) is 4.51. The van der Waals surface area contributed by atoms with Gasteiger partial charge < -0.3 is 5.73 Å². The van der Waals surface area contributed by atoms with Gasteiger partial charge in [-0.1, -0.05) is 6.08 Å². The van der Waals surface area contributed by atoms with E-state index in [2.05, 4.69) is 0 Å². The molecule has 0 saturated carbocycles. The number of rotatable bonds is 2. The van der Waals surface area contributed by atoms with E-state index in [1.807, 2.05) is 0 Å². The Labute approximate surface area is 55.5 Å². The molecule has 0 aromatic carbocycles. The maximum Gasteiger partial charge on any atom is 0.168 e. The van der Waals surface area contributed by atoms with E-state index in [1.54, 1.807) is 6.92 Å². The predicted molar refractivity (Wildman–Crippen MR) is 37.6 cm³/mol. The molecule has 0 aliphatic heterocycles. The van der Waals surface area contributed by atoms with Crippen LogP contribution in [0.2, 0.25) is 0 Å². The Morgan fingerprint density at radius 2 is 2.00 bits per heavy atom. The smallest absolute Gasteiger partial charge is 0.168 e. The Hall–Kier alpha value is -0.350. The van der Waals surface area contributed by atoms with E-state index in [0.29, 0.717) is 0 Å².